The van der Waals surface area contributed by atoms with Crippen LogP contribution in [0.25, 0.3) is 0 Å². The number of likely N-dealkylation sites (tertiary alicyclic amines) is 2. The molecule has 2 amide bonds. The molecule has 0 saturated carbocycles. The maximum Gasteiger partial charge on any atom is 0.229 e. The Hall–Kier alpha value is -0.940. The lowest BCUT2D eigenvalue weighted by atomic mass is 10.1. The first kappa shape index (κ1) is 11.5. The van der Waals surface area contributed by atoms with Crippen LogP contribution in [0.1, 0.15) is 25.7 Å². The Morgan fingerprint density at radius 3 is 2.50 bits per heavy atom. The Balaban J connectivity index is 1.78. The zero-order chi connectivity index (χ0) is 11.5. The maximum atomic E-state index is 11.4. The number of hydrogen-bond acceptors (Lipinski definition) is 4. The highest BCUT2D eigenvalue weighted by Gasteiger charge is 2.29. The molecule has 0 aromatic carbocycles. The van der Waals surface area contributed by atoms with Gasteiger partial charge in [-0.05, 0) is 19.4 Å². The van der Waals surface area contributed by atoms with E-state index in [4.69, 9.17) is 5.73 Å². The number of nitrogens with zero attached hydrogens (tertiary/aromatic N) is 2. The summed E-state index contributed by atoms with van der Waals surface area (Å²) in [5, 5.41) is 0. The van der Waals surface area contributed by atoms with Crippen molar-refractivity contribution in [3.63, 3.8) is 0 Å². The molecular formula is C11H19N3O2. The highest BCUT2D eigenvalue weighted by molar-refractivity contribution is 6.01. The molecule has 5 heteroatoms. The molecule has 0 bridgehead atoms. The Morgan fingerprint density at radius 2 is 1.88 bits per heavy atom. The van der Waals surface area contributed by atoms with Crippen LogP contribution in [0, 0.1) is 0 Å². The van der Waals surface area contributed by atoms with Crippen molar-refractivity contribution >= 4 is 11.8 Å². The third-order valence-corrected chi connectivity index (χ3v) is 3.34. The van der Waals surface area contributed by atoms with Crippen LogP contribution in [0.15, 0.2) is 0 Å². The zero-order valence-electron chi connectivity index (χ0n) is 9.52. The summed E-state index contributed by atoms with van der Waals surface area (Å²) in [6.07, 6.45) is 2.97. The molecule has 2 heterocycles. The van der Waals surface area contributed by atoms with Gasteiger partial charge < -0.3 is 10.6 Å². The summed E-state index contributed by atoms with van der Waals surface area (Å²) >= 11 is 0. The van der Waals surface area contributed by atoms with Crippen LogP contribution in [0.4, 0.5) is 0 Å². The molecule has 2 fully saturated rings. The van der Waals surface area contributed by atoms with Gasteiger partial charge in [0.25, 0.3) is 0 Å². The first-order chi connectivity index (χ1) is 7.66. The normalized spacial score (nSPS) is 27.8. The standard InChI is InChI=1S/C11H19N3O2/c12-9-2-1-5-13(8-9)6-7-14-10(15)3-4-11(14)16/h9H,1-8,12H2. The summed E-state index contributed by atoms with van der Waals surface area (Å²) in [4.78, 5) is 26.4. The Labute approximate surface area is 95.6 Å². The summed E-state index contributed by atoms with van der Waals surface area (Å²) in [6, 6.07) is 0.249. The second-order valence-electron chi connectivity index (χ2n) is 4.64. The number of carbonyl (C=O) groups excluding carboxylic acids is 2. The molecule has 0 radical (unpaired) electrons. The number of imide groups is 1. The lowest BCUT2D eigenvalue weighted by molar-refractivity contribution is -0.138. The van der Waals surface area contributed by atoms with E-state index < -0.39 is 0 Å². The number of hydrogen-bond donors (Lipinski definition) is 1. The Morgan fingerprint density at radius 1 is 1.19 bits per heavy atom. The average Bonchev–Trinajstić information content (AvgIpc) is 2.56. The van der Waals surface area contributed by atoms with E-state index in [9.17, 15) is 9.59 Å². The second-order valence-corrected chi connectivity index (χ2v) is 4.64. The predicted octanol–water partition coefficient (Wildman–Crippen LogP) is -0.441. The van der Waals surface area contributed by atoms with E-state index in [1.165, 1.54) is 4.90 Å². The molecule has 2 saturated heterocycles. The van der Waals surface area contributed by atoms with E-state index in [0.717, 1.165) is 32.5 Å². The summed E-state index contributed by atoms with van der Waals surface area (Å²) in [5.41, 5.74) is 5.87. The van der Waals surface area contributed by atoms with Crippen molar-refractivity contribution in [2.75, 3.05) is 26.2 Å². The Kier molecular flexibility index (Phi) is 3.56. The van der Waals surface area contributed by atoms with Crippen molar-refractivity contribution < 1.29 is 9.59 Å². The number of piperidine rings is 1. The van der Waals surface area contributed by atoms with Crippen LogP contribution < -0.4 is 5.73 Å². The highest BCUT2D eigenvalue weighted by Crippen LogP contribution is 2.12. The molecule has 0 aliphatic carbocycles. The second kappa shape index (κ2) is 4.93. The van der Waals surface area contributed by atoms with E-state index >= 15 is 0 Å². The van der Waals surface area contributed by atoms with Gasteiger partial charge in [0.2, 0.25) is 11.8 Å². The van der Waals surface area contributed by atoms with Crippen molar-refractivity contribution in [2.24, 2.45) is 5.73 Å². The minimum absolute atomic E-state index is 0.0219. The fraction of sp³-hybridized carbons (Fsp3) is 0.818. The fourth-order valence-electron chi connectivity index (χ4n) is 2.41. The minimum Gasteiger partial charge on any atom is -0.327 e. The molecule has 0 aromatic rings. The van der Waals surface area contributed by atoms with Gasteiger partial charge in [-0.15, -0.1) is 0 Å². The molecule has 2 aliphatic heterocycles. The largest absolute Gasteiger partial charge is 0.327 e. The van der Waals surface area contributed by atoms with Crippen molar-refractivity contribution in [3.05, 3.63) is 0 Å². The number of amides is 2. The molecule has 1 unspecified atom stereocenters. The van der Waals surface area contributed by atoms with Gasteiger partial charge in [0.15, 0.2) is 0 Å². The molecule has 2 N–H and O–H groups in total. The fourth-order valence-corrected chi connectivity index (χ4v) is 2.41. The smallest absolute Gasteiger partial charge is 0.229 e. The van der Waals surface area contributed by atoms with Gasteiger partial charge in [-0.1, -0.05) is 0 Å². The van der Waals surface area contributed by atoms with Crippen LogP contribution in [-0.2, 0) is 9.59 Å². The van der Waals surface area contributed by atoms with E-state index in [0.29, 0.717) is 19.4 Å². The molecule has 1 atom stereocenters. The minimum atomic E-state index is -0.0219. The highest BCUT2D eigenvalue weighted by atomic mass is 16.2. The summed E-state index contributed by atoms with van der Waals surface area (Å²) in [6.45, 7) is 3.22. The number of nitrogens with two attached hydrogens (primary N) is 1. The molecule has 5 nitrogen and oxygen atoms in total. The van der Waals surface area contributed by atoms with Crippen molar-refractivity contribution in [3.8, 4) is 0 Å². The van der Waals surface area contributed by atoms with Crippen molar-refractivity contribution in [1.29, 1.82) is 0 Å². The molecule has 2 rings (SSSR count). The first-order valence-corrected chi connectivity index (χ1v) is 5.98. The van der Waals surface area contributed by atoms with Gasteiger partial charge in [0.1, 0.15) is 0 Å². The van der Waals surface area contributed by atoms with Crippen LogP contribution in [0.3, 0.4) is 0 Å². The van der Waals surface area contributed by atoms with Crippen LogP contribution in [-0.4, -0.2) is 53.8 Å². The topological polar surface area (TPSA) is 66.6 Å². The third kappa shape index (κ3) is 2.59. The van der Waals surface area contributed by atoms with Crippen molar-refractivity contribution in [1.82, 2.24) is 9.80 Å². The van der Waals surface area contributed by atoms with Gasteiger partial charge in [-0.2, -0.15) is 0 Å². The third-order valence-electron chi connectivity index (χ3n) is 3.34. The first-order valence-electron chi connectivity index (χ1n) is 5.98. The molecule has 2 aliphatic rings. The maximum absolute atomic E-state index is 11.4. The lowest BCUT2D eigenvalue weighted by Crippen LogP contribution is -2.46. The quantitative estimate of drug-likeness (QED) is 0.661. The summed E-state index contributed by atoms with van der Waals surface area (Å²) < 4.78 is 0. The van der Waals surface area contributed by atoms with E-state index in [-0.39, 0.29) is 17.9 Å². The average molecular weight is 225 g/mol. The summed E-state index contributed by atoms with van der Waals surface area (Å²) in [7, 11) is 0. The van der Waals surface area contributed by atoms with Crippen molar-refractivity contribution in [2.45, 2.75) is 31.7 Å². The number of rotatable bonds is 3. The van der Waals surface area contributed by atoms with Gasteiger partial charge in [0, 0.05) is 38.5 Å². The van der Waals surface area contributed by atoms with Crippen LogP contribution in [0.2, 0.25) is 0 Å². The monoisotopic (exact) mass is 225 g/mol. The van der Waals surface area contributed by atoms with E-state index in [2.05, 4.69) is 4.90 Å². The van der Waals surface area contributed by atoms with Gasteiger partial charge >= 0.3 is 0 Å². The van der Waals surface area contributed by atoms with Gasteiger partial charge in [0.05, 0.1) is 0 Å². The molecule has 90 valence electrons. The molecule has 0 spiro atoms. The molecule has 0 aromatic heterocycles. The van der Waals surface area contributed by atoms with Crippen LogP contribution >= 0.6 is 0 Å². The summed E-state index contributed by atoms with van der Waals surface area (Å²) in [5.74, 6) is -0.0439. The van der Waals surface area contributed by atoms with Crippen LogP contribution in [0.5, 0.6) is 0 Å². The van der Waals surface area contributed by atoms with Gasteiger partial charge in [-0.25, -0.2) is 0 Å². The van der Waals surface area contributed by atoms with Gasteiger partial charge in [-0.3, -0.25) is 14.5 Å². The number of carbonyl (C=O) groups is 2. The van der Waals surface area contributed by atoms with E-state index in [1.807, 2.05) is 0 Å². The predicted molar refractivity (Wildman–Crippen MR) is 59.6 cm³/mol. The molecular weight excluding hydrogens is 206 g/mol. The SMILES string of the molecule is NC1CCCN(CCN2C(=O)CCC2=O)C1. The Bertz CT molecular complexity index is 277. The van der Waals surface area contributed by atoms with E-state index in [1.54, 1.807) is 0 Å². The lowest BCUT2D eigenvalue weighted by Gasteiger charge is -2.31. The zero-order valence-corrected chi connectivity index (χ0v) is 9.52. The molecule has 16 heavy (non-hydrogen) atoms.